The Morgan fingerprint density at radius 3 is 2.41 bits per heavy atom. The number of hydrogen-bond acceptors (Lipinski definition) is 5. The average molecular weight is 393 g/mol. The second kappa shape index (κ2) is 7.32. The lowest BCUT2D eigenvalue weighted by molar-refractivity contribution is -0.147. The third-order valence-electron chi connectivity index (χ3n) is 6.94. The Kier molecular flexibility index (Phi) is 4.64. The molecule has 1 heterocycles. The molecule has 3 aliphatic rings. The van der Waals surface area contributed by atoms with Gasteiger partial charge in [0, 0.05) is 17.3 Å². The number of aliphatic carboxylic acids is 1. The molecule has 0 aliphatic heterocycles. The minimum atomic E-state index is -0.708. The molecule has 3 aliphatic carbocycles. The van der Waals surface area contributed by atoms with Crippen LogP contribution in [0.25, 0.3) is 0 Å². The predicted octanol–water partition coefficient (Wildman–Crippen LogP) is 4.57. The minimum Gasteiger partial charge on any atom is -0.481 e. The van der Waals surface area contributed by atoms with Gasteiger partial charge in [-0.3, -0.25) is 4.79 Å². The SMILES string of the molecule is O=C(O)C1(c2ccc(Nc3nc(NC4CCCC4)nc4c3CCC4)cc2)CCC1. The van der Waals surface area contributed by atoms with Gasteiger partial charge in [-0.15, -0.1) is 0 Å². The van der Waals surface area contributed by atoms with Crippen molar-refractivity contribution >= 4 is 23.4 Å². The Morgan fingerprint density at radius 2 is 1.76 bits per heavy atom. The summed E-state index contributed by atoms with van der Waals surface area (Å²) in [7, 11) is 0. The van der Waals surface area contributed by atoms with E-state index in [-0.39, 0.29) is 0 Å². The lowest BCUT2D eigenvalue weighted by Gasteiger charge is -2.38. The van der Waals surface area contributed by atoms with E-state index in [1.54, 1.807) is 0 Å². The summed E-state index contributed by atoms with van der Waals surface area (Å²) in [5.41, 5.74) is 3.52. The predicted molar refractivity (Wildman–Crippen MR) is 113 cm³/mol. The van der Waals surface area contributed by atoms with Crippen molar-refractivity contribution in [2.75, 3.05) is 10.6 Å². The Morgan fingerprint density at radius 1 is 1.00 bits per heavy atom. The Labute approximate surface area is 171 Å². The van der Waals surface area contributed by atoms with Crippen LogP contribution in [0.4, 0.5) is 17.5 Å². The average Bonchev–Trinajstić information content (AvgIpc) is 3.34. The number of nitrogens with one attached hydrogen (secondary N) is 2. The molecule has 2 saturated carbocycles. The van der Waals surface area contributed by atoms with Crippen molar-refractivity contribution in [2.24, 2.45) is 0 Å². The van der Waals surface area contributed by atoms with E-state index in [0.29, 0.717) is 6.04 Å². The number of aromatic nitrogens is 2. The van der Waals surface area contributed by atoms with E-state index in [2.05, 4.69) is 10.6 Å². The highest BCUT2D eigenvalue weighted by Crippen LogP contribution is 2.44. The molecule has 0 bridgehead atoms. The molecule has 2 fully saturated rings. The second-order valence-corrected chi connectivity index (χ2v) is 8.74. The zero-order chi connectivity index (χ0) is 19.8. The number of anilines is 3. The number of fused-ring (bicyclic) bond motifs is 1. The number of aryl methyl sites for hydroxylation is 1. The molecule has 0 spiro atoms. The monoisotopic (exact) mass is 392 g/mol. The topological polar surface area (TPSA) is 87.1 Å². The molecule has 1 aromatic carbocycles. The van der Waals surface area contributed by atoms with Gasteiger partial charge in [0.25, 0.3) is 0 Å². The molecule has 0 amide bonds. The Balaban J connectivity index is 1.38. The van der Waals surface area contributed by atoms with Crippen molar-refractivity contribution < 1.29 is 9.90 Å². The zero-order valence-electron chi connectivity index (χ0n) is 16.7. The van der Waals surface area contributed by atoms with Crippen LogP contribution in [0, 0.1) is 0 Å². The number of benzene rings is 1. The summed E-state index contributed by atoms with van der Waals surface area (Å²) in [6.45, 7) is 0. The maximum absolute atomic E-state index is 11.7. The molecule has 5 rings (SSSR count). The van der Waals surface area contributed by atoms with Gasteiger partial charge in [0.1, 0.15) is 5.82 Å². The van der Waals surface area contributed by atoms with Crippen LogP contribution < -0.4 is 10.6 Å². The lowest BCUT2D eigenvalue weighted by Crippen LogP contribution is -2.42. The molecule has 6 nitrogen and oxygen atoms in total. The van der Waals surface area contributed by atoms with Gasteiger partial charge in [0.2, 0.25) is 5.95 Å². The number of carboxylic acids is 1. The van der Waals surface area contributed by atoms with Gasteiger partial charge in [0.15, 0.2) is 0 Å². The number of nitrogens with zero attached hydrogens (tertiary/aromatic N) is 2. The van der Waals surface area contributed by atoms with E-state index in [0.717, 1.165) is 67.2 Å². The van der Waals surface area contributed by atoms with Crippen molar-refractivity contribution in [3.63, 3.8) is 0 Å². The number of rotatable bonds is 6. The first-order valence-electron chi connectivity index (χ1n) is 10.9. The molecule has 6 heteroatoms. The second-order valence-electron chi connectivity index (χ2n) is 8.74. The molecular formula is C23H28N4O2. The molecule has 0 atom stereocenters. The molecule has 29 heavy (non-hydrogen) atoms. The number of hydrogen-bond donors (Lipinski definition) is 3. The highest BCUT2D eigenvalue weighted by molar-refractivity contribution is 5.82. The third-order valence-corrected chi connectivity index (χ3v) is 6.94. The standard InChI is InChI=1S/C23H28N4O2/c28-21(29)23(13-4-14-23)15-9-11-17(12-10-15)24-20-18-7-3-8-19(18)26-22(27-20)25-16-5-1-2-6-16/h9-12,16H,1-8,13-14H2,(H,28,29)(H2,24,25,26,27). The normalized spacial score (nSPS) is 20.1. The molecule has 0 radical (unpaired) electrons. The fourth-order valence-corrected chi connectivity index (χ4v) is 5.02. The van der Waals surface area contributed by atoms with Crippen molar-refractivity contribution in [1.82, 2.24) is 9.97 Å². The van der Waals surface area contributed by atoms with Crippen LogP contribution in [-0.4, -0.2) is 27.1 Å². The largest absolute Gasteiger partial charge is 0.481 e. The molecule has 152 valence electrons. The Bertz CT molecular complexity index is 915. The summed E-state index contributed by atoms with van der Waals surface area (Å²) in [5, 5.41) is 16.7. The quantitative estimate of drug-likeness (QED) is 0.667. The van der Waals surface area contributed by atoms with Crippen LogP contribution in [-0.2, 0) is 23.1 Å². The lowest BCUT2D eigenvalue weighted by atomic mass is 9.64. The van der Waals surface area contributed by atoms with Gasteiger partial charge in [-0.25, -0.2) is 4.98 Å². The van der Waals surface area contributed by atoms with Crippen LogP contribution in [0.2, 0.25) is 0 Å². The first-order chi connectivity index (χ1) is 14.1. The van der Waals surface area contributed by atoms with E-state index in [1.165, 1.54) is 31.2 Å². The highest BCUT2D eigenvalue weighted by Gasteiger charge is 2.45. The third kappa shape index (κ3) is 3.34. The van der Waals surface area contributed by atoms with E-state index >= 15 is 0 Å². The van der Waals surface area contributed by atoms with Crippen molar-refractivity contribution in [1.29, 1.82) is 0 Å². The summed E-state index contributed by atoms with van der Waals surface area (Å²) in [6, 6.07) is 8.34. The molecule has 0 unspecified atom stereocenters. The van der Waals surface area contributed by atoms with Crippen LogP contribution in [0.3, 0.4) is 0 Å². The van der Waals surface area contributed by atoms with Crippen LogP contribution >= 0.6 is 0 Å². The van der Waals surface area contributed by atoms with Crippen molar-refractivity contribution in [2.45, 2.75) is 75.7 Å². The van der Waals surface area contributed by atoms with E-state index in [1.807, 2.05) is 24.3 Å². The Hall–Kier alpha value is -2.63. The van der Waals surface area contributed by atoms with Gasteiger partial charge in [0.05, 0.1) is 11.1 Å². The van der Waals surface area contributed by atoms with Gasteiger partial charge < -0.3 is 15.7 Å². The summed E-state index contributed by atoms with van der Waals surface area (Å²) in [6.07, 6.45) is 10.5. The van der Waals surface area contributed by atoms with Gasteiger partial charge in [-0.05, 0) is 62.6 Å². The number of carboxylic acid groups (broad SMARTS) is 1. The molecule has 2 aromatic rings. The molecule has 3 N–H and O–H groups in total. The first-order valence-corrected chi connectivity index (χ1v) is 10.9. The summed E-state index contributed by atoms with van der Waals surface area (Å²) >= 11 is 0. The van der Waals surface area contributed by atoms with E-state index in [4.69, 9.17) is 9.97 Å². The number of carbonyl (C=O) groups is 1. The summed E-state index contributed by atoms with van der Waals surface area (Å²) in [5.74, 6) is 0.911. The summed E-state index contributed by atoms with van der Waals surface area (Å²) < 4.78 is 0. The maximum atomic E-state index is 11.7. The molecule has 1 aromatic heterocycles. The smallest absolute Gasteiger partial charge is 0.314 e. The first kappa shape index (κ1) is 18.4. The van der Waals surface area contributed by atoms with Crippen LogP contribution in [0.15, 0.2) is 24.3 Å². The minimum absolute atomic E-state index is 0.483. The van der Waals surface area contributed by atoms with Crippen molar-refractivity contribution in [3.8, 4) is 0 Å². The highest BCUT2D eigenvalue weighted by atomic mass is 16.4. The van der Waals surface area contributed by atoms with E-state index in [9.17, 15) is 9.90 Å². The van der Waals surface area contributed by atoms with Crippen molar-refractivity contribution in [3.05, 3.63) is 41.1 Å². The fourth-order valence-electron chi connectivity index (χ4n) is 5.02. The summed E-state index contributed by atoms with van der Waals surface area (Å²) in [4.78, 5) is 21.3. The molecule has 0 saturated heterocycles. The van der Waals surface area contributed by atoms with Crippen LogP contribution in [0.5, 0.6) is 0 Å². The van der Waals surface area contributed by atoms with Crippen LogP contribution in [0.1, 0.15) is 68.2 Å². The van der Waals surface area contributed by atoms with Gasteiger partial charge in [-0.2, -0.15) is 4.98 Å². The maximum Gasteiger partial charge on any atom is 0.314 e. The zero-order valence-corrected chi connectivity index (χ0v) is 16.7. The van der Waals surface area contributed by atoms with Gasteiger partial charge >= 0.3 is 5.97 Å². The molecular weight excluding hydrogens is 364 g/mol. The van der Waals surface area contributed by atoms with Gasteiger partial charge in [-0.1, -0.05) is 31.4 Å². The fraction of sp³-hybridized carbons (Fsp3) is 0.522. The van der Waals surface area contributed by atoms with E-state index < -0.39 is 11.4 Å².